The number of rotatable bonds is 18. The van der Waals surface area contributed by atoms with Gasteiger partial charge in [-0.1, -0.05) is 29.4 Å². The van der Waals surface area contributed by atoms with Crippen LogP contribution >= 0.6 is 0 Å². The van der Waals surface area contributed by atoms with E-state index in [9.17, 15) is 18.4 Å². The summed E-state index contributed by atoms with van der Waals surface area (Å²) in [6.07, 6.45) is 1.38. The maximum absolute atomic E-state index is 14.9. The number of carbonyl (C=O) groups excluding carboxylic acids is 2. The number of nitrogens with zero attached hydrogens (tertiary/aromatic N) is 6. The van der Waals surface area contributed by atoms with Crippen LogP contribution in [0.1, 0.15) is 40.7 Å². The minimum Gasteiger partial charge on any atom is -0.480 e. The number of azo groups is 1. The van der Waals surface area contributed by atoms with E-state index in [-0.39, 0.29) is 24.2 Å². The van der Waals surface area contributed by atoms with Crippen molar-refractivity contribution in [3.8, 4) is 5.75 Å². The number of amides is 1. The van der Waals surface area contributed by atoms with E-state index in [4.69, 9.17) is 16.0 Å². The van der Waals surface area contributed by atoms with E-state index >= 15 is 0 Å². The molecule has 14 heteroatoms. The molecule has 4 rings (SSSR count). The first-order valence-electron chi connectivity index (χ1n) is 15.9. The molecule has 4 aromatic rings. The van der Waals surface area contributed by atoms with Crippen LogP contribution in [0.25, 0.3) is 10.4 Å². The lowest BCUT2D eigenvalue weighted by Crippen LogP contribution is -2.43. The summed E-state index contributed by atoms with van der Waals surface area (Å²) < 4.78 is 35.2. The maximum Gasteiger partial charge on any atom is 0.251 e. The highest BCUT2D eigenvalue weighted by Crippen LogP contribution is 2.25. The molecule has 0 radical (unpaired) electrons. The molecule has 1 amide bonds. The average molecular weight is 684 g/mol. The Balaban J connectivity index is 1.29. The number of nitrogens with one attached hydrogen (secondary N) is 2. The second-order valence-electron chi connectivity index (χ2n) is 11.6. The first kappa shape index (κ1) is 37.1. The number of unbranched alkanes of at least 4 members (excludes halogenated alkanes) is 1. The Morgan fingerprint density at radius 1 is 0.880 bits per heavy atom. The third kappa shape index (κ3) is 11.2. The average Bonchev–Trinajstić information content (AvgIpc) is 3.11. The SMILES string of the molecule is CN(C)c1ccc(/N=N/c2ccc(CNCc3cc(F)c(OCC(=O)C(CCCCN)NC(=O)c4cccc(N=[N+]=[N-])c4)c(F)c3)cc2)cc1. The summed E-state index contributed by atoms with van der Waals surface area (Å²) in [4.78, 5) is 30.6. The molecule has 0 aliphatic heterocycles. The molecule has 0 saturated carbocycles. The van der Waals surface area contributed by atoms with Crippen LogP contribution in [0, 0.1) is 11.6 Å². The zero-order valence-corrected chi connectivity index (χ0v) is 27.9. The van der Waals surface area contributed by atoms with E-state index in [0.29, 0.717) is 37.2 Å². The van der Waals surface area contributed by atoms with Crippen molar-refractivity contribution in [2.45, 2.75) is 38.4 Å². The van der Waals surface area contributed by atoms with Gasteiger partial charge in [0.05, 0.1) is 17.4 Å². The molecule has 0 spiro atoms. The van der Waals surface area contributed by atoms with Crippen molar-refractivity contribution < 1.29 is 23.1 Å². The molecule has 4 aromatic carbocycles. The summed E-state index contributed by atoms with van der Waals surface area (Å²) in [5.41, 5.74) is 18.4. The van der Waals surface area contributed by atoms with E-state index in [1.54, 1.807) is 0 Å². The zero-order valence-electron chi connectivity index (χ0n) is 27.9. The molecule has 0 fully saturated rings. The summed E-state index contributed by atoms with van der Waals surface area (Å²) in [6.45, 7) is 0.333. The van der Waals surface area contributed by atoms with Crippen LogP contribution in [-0.4, -0.2) is 45.0 Å². The van der Waals surface area contributed by atoms with E-state index in [1.165, 1.54) is 24.3 Å². The molecular weight excluding hydrogens is 644 g/mol. The molecule has 0 aliphatic rings. The third-order valence-electron chi connectivity index (χ3n) is 7.57. The highest BCUT2D eigenvalue weighted by Gasteiger charge is 2.23. The molecule has 260 valence electrons. The van der Waals surface area contributed by atoms with Crippen molar-refractivity contribution in [2.24, 2.45) is 21.1 Å². The predicted octanol–water partition coefficient (Wildman–Crippen LogP) is 7.55. The third-order valence-corrected chi connectivity index (χ3v) is 7.57. The minimum atomic E-state index is -0.996. The lowest BCUT2D eigenvalue weighted by molar-refractivity contribution is -0.123. The fourth-order valence-corrected chi connectivity index (χ4v) is 4.87. The summed E-state index contributed by atoms with van der Waals surface area (Å²) in [7, 11) is 3.94. The Kier molecular flexibility index (Phi) is 13.9. The second-order valence-corrected chi connectivity index (χ2v) is 11.6. The van der Waals surface area contributed by atoms with Crippen molar-refractivity contribution in [1.29, 1.82) is 0 Å². The van der Waals surface area contributed by atoms with Gasteiger partial charge >= 0.3 is 0 Å². The predicted molar refractivity (Wildman–Crippen MR) is 188 cm³/mol. The van der Waals surface area contributed by atoms with Crippen molar-refractivity contribution in [3.63, 3.8) is 0 Å². The van der Waals surface area contributed by atoms with E-state index in [1.807, 2.05) is 67.5 Å². The van der Waals surface area contributed by atoms with Crippen LogP contribution < -0.4 is 26.0 Å². The van der Waals surface area contributed by atoms with Gasteiger partial charge in [0.25, 0.3) is 5.91 Å². The topological polar surface area (TPSA) is 170 Å². The fraction of sp³-hybridized carbons (Fsp3) is 0.278. The van der Waals surface area contributed by atoms with Gasteiger partial charge in [-0.05, 0) is 103 Å². The van der Waals surface area contributed by atoms with Crippen molar-refractivity contribution in [1.82, 2.24) is 10.6 Å². The van der Waals surface area contributed by atoms with Gasteiger partial charge in [-0.25, -0.2) is 8.78 Å². The maximum atomic E-state index is 14.9. The van der Waals surface area contributed by atoms with Gasteiger partial charge in [-0.2, -0.15) is 10.2 Å². The lowest BCUT2D eigenvalue weighted by Gasteiger charge is -2.18. The number of hydrogen-bond donors (Lipinski definition) is 3. The number of carbonyl (C=O) groups is 2. The van der Waals surface area contributed by atoms with Gasteiger partial charge in [-0.15, -0.1) is 0 Å². The standard InChI is InChI=1S/C36H39F2N9O3/c1-47(2)30-15-13-28(14-16-30)44-43-27-11-9-24(10-12-27)21-41-22-25-18-31(37)35(32(38)19-25)50-23-34(48)33(8-3-4-17-39)42-36(49)26-6-5-7-29(20-26)45-46-40/h5-7,9-16,18-20,33,41H,3-4,8,17,21-23,39H2,1-2H3,(H,42,49)/b44-43+. The first-order chi connectivity index (χ1) is 24.2. The number of halogens is 2. The Labute approximate surface area is 289 Å². The van der Waals surface area contributed by atoms with E-state index in [0.717, 1.165) is 29.1 Å². The van der Waals surface area contributed by atoms with Crippen molar-refractivity contribution in [2.75, 3.05) is 32.1 Å². The number of Topliss-reactive ketones (excluding diaryl/α,β-unsaturated/α-hetero) is 1. The number of azide groups is 1. The Bertz CT molecular complexity index is 1800. The lowest BCUT2D eigenvalue weighted by atomic mass is 10.0. The van der Waals surface area contributed by atoms with Gasteiger partial charge in [0.15, 0.2) is 23.2 Å². The van der Waals surface area contributed by atoms with E-state index < -0.39 is 41.7 Å². The molecule has 50 heavy (non-hydrogen) atoms. The smallest absolute Gasteiger partial charge is 0.251 e. The second kappa shape index (κ2) is 18.7. The number of anilines is 1. The molecule has 0 aromatic heterocycles. The molecule has 1 unspecified atom stereocenters. The Morgan fingerprint density at radius 3 is 2.14 bits per heavy atom. The van der Waals surface area contributed by atoms with Crippen molar-refractivity contribution >= 4 is 34.4 Å². The van der Waals surface area contributed by atoms with Gasteiger partial charge in [0.1, 0.15) is 6.61 Å². The fourth-order valence-electron chi connectivity index (χ4n) is 4.87. The number of hydrogen-bond acceptors (Lipinski definition) is 9. The van der Waals surface area contributed by atoms with Crippen LogP contribution in [-0.2, 0) is 17.9 Å². The molecule has 0 heterocycles. The van der Waals surface area contributed by atoms with Gasteiger partial charge in [-0.3, -0.25) is 9.59 Å². The normalized spacial score (nSPS) is 11.5. The van der Waals surface area contributed by atoms with Crippen molar-refractivity contribution in [3.05, 3.63) is 124 Å². The summed E-state index contributed by atoms with van der Waals surface area (Å²) in [5, 5.41) is 17.8. The number of ether oxygens (including phenoxy) is 1. The molecule has 0 aliphatic carbocycles. The Morgan fingerprint density at radius 2 is 1.52 bits per heavy atom. The number of ketones is 1. The first-order valence-corrected chi connectivity index (χ1v) is 15.9. The Hall–Kier alpha value is -5.69. The highest BCUT2D eigenvalue weighted by atomic mass is 19.1. The van der Waals surface area contributed by atoms with Crippen LogP contribution in [0.3, 0.4) is 0 Å². The monoisotopic (exact) mass is 683 g/mol. The summed E-state index contributed by atoms with van der Waals surface area (Å²) in [6, 6.07) is 22.4. The molecular formula is C36H39F2N9O3. The summed E-state index contributed by atoms with van der Waals surface area (Å²) in [5.74, 6) is -3.76. The highest BCUT2D eigenvalue weighted by molar-refractivity contribution is 5.98. The molecule has 0 saturated heterocycles. The minimum absolute atomic E-state index is 0.174. The largest absolute Gasteiger partial charge is 0.480 e. The molecule has 4 N–H and O–H groups in total. The molecule has 0 bridgehead atoms. The van der Waals surface area contributed by atoms with Crippen LogP contribution in [0.5, 0.6) is 5.75 Å². The summed E-state index contributed by atoms with van der Waals surface area (Å²) >= 11 is 0. The van der Waals surface area contributed by atoms with Crippen LogP contribution in [0.4, 0.5) is 31.5 Å². The quantitative estimate of drug-likeness (QED) is 0.0423. The van der Waals surface area contributed by atoms with Gasteiger partial charge < -0.3 is 26.0 Å². The number of benzene rings is 4. The van der Waals surface area contributed by atoms with Crippen LogP contribution in [0.15, 0.2) is 100 Å². The zero-order chi connectivity index (χ0) is 35.9. The molecule has 1 atom stereocenters. The van der Waals surface area contributed by atoms with Gasteiger partial charge in [0.2, 0.25) is 0 Å². The molecule has 12 nitrogen and oxygen atoms in total. The van der Waals surface area contributed by atoms with Gasteiger partial charge in [0, 0.05) is 49.0 Å². The van der Waals surface area contributed by atoms with E-state index in [2.05, 4.69) is 30.9 Å². The number of nitrogens with two attached hydrogens (primary N) is 1. The van der Waals surface area contributed by atoms with Crippen LogP contribution in [0.2, 0.25) is 0 Å².